The maximum absolute atomic E-state index is 12.7. The summed E-state index contributed by atoms with van der Waals surface area (Å²) >= 11 is 0. The molecule has 0 bridgehead atoms. The highest BCUT2D eigenvalue weighted by Gasteiger charge is 2.40. The average molecular weight is 437 g/mol. The van der Waals surface area contributed by atoms with E-state index in [1.807, 2.05) is 0 Å². The number of nitrogens with one attached hydrogen (secondary N) is 1. The van der Waals surface area contributed by atoms with E-state index in [9.17, 15) is 28.2 Å². The van der Waals surface area contributed by atoms with Gasteiger partial charge in [0.25, 0.3) is 0 Å². The molecule has 3 N–H and O–H groups in total. The molecule has 3 aromatic carbocycles. The summed E-state index contributed by atoms with van der Waals surface area (Å²) in [5.41, 5.74) is 2.17. The van der Waals surface area contributed by atoms with Crippen molar-refractivity contribution in [2.75, 3.05) is 11.1 Å². The molecule has 0 aliphatic carbocycles. The summed E-state index contributed by atoms with van der Waals surface area (Å²) in [5.74, 6) is -3.43. The van der Waals surface area contributed by atoms with Gasteiger partial charge in [0, 0.05) is 11.3 Å². The van der Waals surface area contributed by atoms with Crippen molar-refractivity contribution < 1.29 is 28.2 Å². The van der Waals surface area contributed by atoms with E-state index in [1.165, 1.54) is 24.3 Å². The number of anilines is 1. The maximum atomic E-state index is 12.7. The van der Waals surface area contributed by atoms with Gasteiger partial charge in [-0.1, -0.05) is 36.4 Å². The second kappa shape index (κ2) is 7.88. The van der Waals surface area contributed by atoms with E-state index in [4.69, 9.17) is 0 Å². The number of ketones is 1. The van der Waals surface area contributed by atoms with Crippen molar-refractivity contribution in [3.63, 3.8) is 0 Å². The van der Waals surface area contributed by atoms with Gasteiger partial charge in [-0.25, -0.2) is 8.42 Å². The Morgan fingerprint density at radius 1 is 0.935 bits per heavy atom. The Morgan fingerprint density at radius 2 is 1.61 bits per heavy atom. The van der Waals surface area contributed by atoms with Gasteiger partial charge >= 0.3 is 0 Å². The molecule has 0 spiro atoms. The molecule has 1 atom stereocenters. The minimum absolute atomic E-state index is 0.0336. The Hall–Kier alpha value is -3.65. The Kier molecular flexibility index (Phi) is 5.24. The highest BCUT2D eigenvalue weighted by Crippen LogP contribution is 2.29. The number of phenols is 2. The standard InChI is InChI=1S/C23H19NO6S/c25-19-10-7-15(12-20(19)26)11-14-5-8-16(9-6-14)24-23(28)18-13-31(29,30)21-4-2-1-3-17(21)22(18)27/h1-10,12,18,25-26H,11,13H2,(H,24,28). The molecule has 31 heavy (non-hydrogen) atoms. The molecule has 0 saturated heterocycles. The number of hydrogen-bond acceptors (Lipinski definition) is 6. The Morgan fingerprint density at radius 3 is 2.32 bits per heavy atom. The van der Waals surface area contributed by atoms with Crippen LogP contribution in [-0.4, -0.2) is 36.1 Å². The number of fused-ring (bicyclic) bond motifs is 1. The van der Waals surface area contributed by atoms with Crippen LogP contribution in [0.4, 0.5) is 5.69 Å². The van der Waals surface area contributed by atoms with Crippen LogP contribution in [0.15, 0.2) is 71.6 Å². The van der Waals surface area contributed by atoms with Crippen molar-refractivity contribution in [3.8, 4) is 11.5 Å². The number of amides is 1. The number of sulfone groups is 1. The zero-order chi connectivity index (χ0) is 22.2. The van der Waals surface area contributed by atoms with E-state index in [2.05, 4.69) is 5.32 Å². The predicted octanol–water partition coefficient (Wildman–Crippen LogP) is 2.91. The first kappa shape index (κ1) is 20.6. The summed E-state index contributed by atoms with van der Waals surface area (Å²) in [5, 5.41) is 21.6. The van der Waals surface area contributed by atoms with Crippen molar-refractivity contribution in [2.45, 2.75) is 11.3 Å². The molecule has 0 saturated carbocycles. The summed E-state index contributed by atoms with van der Waals surface area (Å²) in [7, 11) is -3.73. The van der Waals surface area contributed by atoms with Crippen LogP contribution < -0.4 is 5.32 Å². The van der Waals surface area contributed by atoms with Gasteiger partial charge in [-0.15, -0.1) is 0 Å². The van der Waals surface area contributed by atoms with Crippen molar-refractivity contribution >= 4 is 27.2 Å². The predicted molar refractivity (Wildman–Crippen MR) is 114 cm³/mol. The third-order valence-electron chi connectivity index (χ3n) is 5.18. The summed E-state index contributed by atoms with van der Waals surface area (Å²) in [6.45, 7) is 0. The van der Waals surface area contributed by atoms with E-state index in [-0.39, 0.29) is 22.0 Å². The zero-order valence-corrected chi connectivity index (χ0v) is 17.1. The number of Topliss-reactive ketones (excluding diaryl/α,β-unsaturated/α-hetero) is 1. The van der Waals surface area contributed by atoms with Crippen LogP contribution >= 0.6 is 0 Å². The van der Waals surface area contributed by atoms with Crippen LogP contribution in [0.1, 0.15) is 21.5 Å². The largest absolute Gasteiger partial charge is 0.504 e. The Bertz CT molecular complexity index is 1280. The summed E-state index contributed by atoms with van der Waals surface area (Å²) in [6.07, 6.45) is 0.498. The van der Waals surface area contributed by atoms with E-state index in [0.29, 0.717) is 12.1 Å². The topological polar surface area (TPSA) is 121 Å². The number of aromatic hydroxyl groups is 2. The minimum Gasteiger partial charge on any atom is -0.504 e. The molecule has 1 unspecified atom stereocenters. The first-order valence-corrected chi connectivity index (χ1v) is 11.2. The molecular formula is C23H19NO6S. The highest BCUT2D eigenvalue weighted by molar-refractivity contribution is 7.91. The average Bonchev–Trinajstić information content (AvgIpc) is 2.75. The molecule has 3 aromatic rings. The lowest BCUT2D eigenvalue weighted by Gasteiger charge is -2.22. The van der Waals surface area contributed by atoms with Gasteiger partial charge in [0.1, 0.15) is 5.92 Å². The first-order chi connectivity index (χ1) is 14.7. The molecule has 7 nitrogen and oxygen atoms in total. The van der Waals surface area contributed by atoms with Crippen LogP contribution in [0.2, 0.25) is 0 Å². The van der Waals surface area contributed by atoms with Gasteiger partial charge in [0.15, 0.2) is 27.1 Å². The van der Waals surface area contributed by atoms with Gasteiger partial charge in [-0.2, -0.15) is 0 Å². The number of carbonyl (C=O) groups is 2. The quantitative estimate of drug-likeness (QED) is 0.426. The lowest BCUT2D eigenvalue weighted by Crippen LogP contribution is -2.39. The Balaban J connectivity index is 1.48. The first-order valence-electron chi connectivity index (χ1n) is 9.51. The summed E-state index contributed by atoms with van der Waals surface area (Å²) in [6, 6.07) is 17.3. The fraction of sp³-hybridized carbons (Fsp3) is 0.130. The SMILES string of the molecule is O=C(Nc1ccc(Cc2ccc(O)c(O)c2)cc1)C1CS(=O)(=O)c2ccccc2C1=O. The van der Waals surface area contributed by atoms with Gasteiger partial charge < -0.3 is 15.5 Å². The molecule has 158 valence electrons. The third kappa shape index (κ3) is 4.15. The molecule has 0 fully saturated rings. The second-order valence-corrected chi connectivity index (χ2v) is 9.38. The monoisotopic (exact) mass is 437 g/mol. The Labute approximate surface area is 178 Å². The molecule has 1 aliphatic rings. The van der Waals surface area contributed by atoms with Gasteiger partial charge in [0.2, 0.25) is 5.91 Å². The highest BCUT2D eigenvalue weighted by atomic mass is 32.2. The lowest BCUT2D eigenvalue weighted by molar-refractivity contribution is -0.118. The van der Waals surface area contributed by atoms with Crippen molar-refractivity contribution in [2.24, 2.45) is 5.92 Å². The van der Waals surface area contributed by atoms with E-state index in [1.54, 1.807) is 42.5 Å². The van der Waals surface area contributed by atoms with Crippen LogP contribution in [0.3, 0.4) is 0 Å². The number of hydrogen-bond donors (Lipinski definition) is 3. The van der Waals surface area contributed by atoms with Crippen LogP contribution in [-0.2, 0) is 21.1 Å². The van der Waals surface area contributed by atoms with Crippen molar-refractivity contribution in [1.29, 1.82) is 0 Å². The number of carbonyl (C=O) groups excluding carboxylic acids is 2. The maximum Gasteiger partial charge on any atom is 0.236 e. The van der Waals surface area contributed by atoms with Crippen molar-refractivity contribution in [3.05, 3.63) is 83.4 Å². The van der Waals surface area contributed by atoms with E-state index < -0.39 is 33.2 Å². The van der Waals surface area contributed by atoms with Crippen LogP contribution in [0.5, 0.6) is 11.5 Å². The summed E-state index contributed by atoms with van der Waals surface area (Å²) < 4.78 is 25.0. The molecule has 0 radical (unpaired) electrons. The number of benzene rings is 3. The smallest absolute Gasteiger partial charge is 0.236 e. The fourth-order valence-corrected chi connectivity index (χ4v) is 5.27. The van der Waals surface area contributed by atoms with E-state index >= 15 is 0 Å². The zero-order valence-electron chi connectivity index (χ0n) is 16.3. The molecule has 0 aromatic heterocycles. The molecular weight excluding hydrogens is 418 g/mol. The lowest BCUT2D eigenvalue weighted by atomic mass is 9.97. The van der Waals surface area contributed by atoms with Gasteiger partial charge in [-0.05, 0) is 47.9 Å². The molecule has 1 amide bonds. The molecule has 1 aliphatic heterocycles. The van der Waals surface area contributed by atoms with Gasteiger partial charge in [0.05, 0.1) is 10.6 Å². The van der Waals surface area contributed by atoms with E-state index in [0.717, 1.165) is 11.1 Å². The van der Waals surface area contributed by atoms with Gasteiger partial charge in [-0.3, -0.25) is 9.59 Å². The normalized spacial score (nSPS) is 17.0. The minimum atomic E-state index is -3.73. The number of rotatable bonds is 4. The summed E-state index contributed by atoms with van der Waals surface area (Å²) in [4.78, 5) is 25.3. The van der Waals surface area contributed by atoms with Crippen molar-refractivity contribution in [1.82, 2.24) is 0 Å². The molecule has 4 rings (SSSR count). The third-order valence-corrected chi connectivity index (χ3v) is 6.97. The fourth-order valence-electron chi connectivity index (χ4n) is 3.56. The second-order valence-electron chi connectivity index (χ2n) is 7.38. The van der Waals surface area contributed by atoms with Crippen LogP contribution in [0, 0.1) is 5.92 Å². The molecule has 1 heterocycles. The molecule has 8 heteroatoms. The number of phenolic OH excluding ortho intramolecular Hbond substituents is 2. The van der Waals surface area contributed by atoms with Crippen LogP contribution in [0.25, 0.3) is 0 Å².